The van der Waals surface area contributed by atoms with Crippen molar-refractivity contribution in [1.82, 2.24) is 29.3 Å². The third-order valence-corrected chi connectivity index (χ3v) is 8.92. The topological polar surface area (TPSA) is 114 Å². The van der Waals surface area contributed by atoms with E-state index in [4.69, 9.17) is 4.98 Å². The number of piperidine rings is 1. The van der Waals surface area contributed by atoms with E-state index in [0.717, 1.165) is 16.7 Å². The summed E-state index contributed by atoms with van der Waals surface area (Å²) in [5, 5.41) is 8.16. The molecule has 38 heavy (non-hydrogen) atoms. The van der Waals surface area contributed by atoms with Gasteiger partial charge in [0.1, 0.15) is 5.82 Å². The van der Waals surface area contributed by atoms with Crippen LogP contribution in [0.5, 0.6) is 0 Å². The highest BCUT2D eigenvalue weighted by atomic mass is 32.2. The van der Waals surface area contributed by atoms with Crippen molar-refractivity contribution in [1.29, 1.82) is 0 Å². The molecule has 0 radical (unpaired) electrons. The SMILES string of the molecule is O=c1[nH]c(C2CCN(S(=O)(=O)c3ccc(-c4ccccc4)cc3)CC2)nc2c1nnn2Cc1ccccc1. The Hall–Kier alpha value is -4.15. The van der Waals surface area contributed by atoms with Gasteiger partial charge in [0.2, 0.25) is 10.0 Å². The fourth-order valence-corrected chi connectivity index (χ4v) is 6.38. The van der Waals surface area contributed by atoms with Gasteiger partial charge >= 0.3 is 0 Å². The molecule has 1 fully saturated rings. The zero-order valence-corrected chi connectivity index (χ0v) is 21.4. The minimum atomic E-state index is -3.62. The highest BCUT2D eigenvalue weighted by Crippen LogP contribution is 2.30. The molecule has 0 atom stereocenters. The zero-order chi connectivity index (χ0) is 26.1. The van der Waals surface area contributed by atoms with Gasteiger partial charge in [-0.15, -0.1) is 5.10 Å². The van der Waals surface area contributed by atoms with E-state index in [-0.39, 0.29) is 21.9 Å². The molecule has 192 valence electrons. The summed E-state index contributed by atoms with van der Waals surface area (Å²) < 4.78 is 29.8. The lowest BCUT2D eigenvalue weighted by Crippen LogP contribution is -2.38. The van der Waals surface area contributed by atoms with Gasteiger partial charge < -0.3 is 4.98 Å². The Kier molecular flexibility index (Phi) is 6.34. The molecule has 0 saturated carbocycles. The Morgan fingerprint density at radius 1 is 0.842 bits per heavy atom. The number of aromatic nitrogens is 5. The van der Waals surface area contributed by atoms with Gasteiger partial charge in [0.05, 0.1) is 11.4 Å². The lowest BCUT2D eigenvalue weighted by molar-refractivity contribution is 0.313. The molecule has 0 spiro atoms. The van der Waals surface area contributed by atoms with Crippen molar-refractivity contribution in [2.75, 3.05) is 13.1 Å². The Bertz CT molecular complexity index is 1730. The van der Waals surface area contributed by atoms with Gasteiger partial charge in [-0.3, -0.25) is 4.79 Å². The first-order valence-electron chi connectivity index (χ1n) is 12.5. The molecular weight excluding hydrogens is 500 g/mol. The van der Waals surface area contributed by atoms with Gasteiger partial charge in [-0.2, -0.15) is 4.31 Å². The number of fused-ring (bicyclic) bond motifs is 1. The highest BCUT2D eigenvalue weighted by Gasteiger charge is 2.31. The maximum Gasteiger partial charge on any atom is 0.281 e. The van der Waals surface area contributed by atoms with Crippen molar-refractivity contribution in [3.8, 4) is 11.1 Å². The average molecular weight is 527 g/mol. The number of rotatable bonds is 6. The molecular formula is C28H26N6O3S. The van der Waals surface area contributed by atoms with Gasteiger partial charge in [0.15, 0.2) is 11.2 Å². The molecule has 0 aliphatic carbocycles. The molecule has 1 N–H and O–H groups in total. The average Bonchev–Trinajstić information content (AvgIpc) is 3.37. The molecule has 0 bridgehead atoms. The summed E-state index contributed by atoms with van der Waals surface area (Å²) in [5.74, 6) is 0.474. The van der Waals surface area contributed by atoms with Crippen molar-refractivity contribution >= 4 is 21.2 Å². The molecule has 10 heteroatoms. The predicted octanol–water partition coefficient (Wildman–Crippen LogP) is 3.80. The number of benzene rings is 3. The van der Waals surface area contributed by atoms with Crippen molar-refractivity contribution in [3.63, 3.8) is 0 Å². The molecule has 0 amide bonds. The second-order valence-electron chi connectivity index (χ2n) is 9.42. The van der Waals surface area contributed by atoms with Crippen LogP contribution in [0, 0.1) is 0 Å². The molecule has 3 heterocycles. The molecule has 3 aromatic carbocycles. The van der Waals surface area contributed by atoms with Crippen LogP contribution in [0.1, 0.15) is 30.1 Å². The maximum atomic E-state index is 13.3. The quantitative estimate of drug-likeness (QED) is 0.360. The van der Waals surface area contributed by atoms with Gasteiger partial charge in [0, 0.05) is 19.0 Å². The first-order valence-corrected chi connectivity index (χ1v) is 14.0. The Morgan fingerprint density at radius 3 is 2.16 bits per heavy atom. The molecule has 6 rings (SSSR count). The normalized spacial score (nSPS) is 15.2. The summed E-state index contributed by atoms with van der Waals surface area (Å²) in [6.07, 6.45) is 1.10. The fourth-order valence-electron chi connectivity index (χ4n) is 4.91. The number of sulfonamides is 1. The van der Waals surface area contributed by atoms with Crippen LogP contribution in [-0.4, -0.2) is 50.8 Å². The van der Waals surface area contributed by atoms with E-state index in [2.05, 4.69) is 15.3 Å². The molecule has 2 aromatic heterocycles. The largest absolute Gasteiger partial charge is 0.308 e. The van der Waals surface area contributed by atoms with Crippen LogP contribution < -0.4 is 5.56 Å². The van der Waals surface area contributed by atoms with Gasteiger partial charge in [-0.05, 0) is 41.7 Å². The van der Waals surface area contributed by atoms with Crippen LogP contribution >= 0.6 is 0 Å². The highest BCUT2D eigenvalue weighted by molar-refractivity contribution is 7.89. The van der Waals surface area contributed by atoms with Crippen molar-refractivity contribution in [3.05, 3.63) is 107 Å². The van der Waals surface area contributed by atoms with E-state index in [9.17, 15) is 13.2 Å². The molecule has 1 aliphatic rings. The Labute approximate surface area is 219 Å². The number of nitrogens with one attached hydrogen (secondary N) is 1. The summed E-state index contributed by atoms with van der Waals surface area (Å²) in [4.78, 5) is 20.6. The number of nitrogens with zero attached hydrogens (tertiary/aromatic N) is 5. The summed E-state index contributed by atoms with van der Waals surface area (Å²) in [7, 11) is -3.62. The van der Waals surface area contributed by atoms with E-state index < -0.39 is 10.0 Å². The first kappa shape index (κ1) is 24.2. The number of hydrogen-bond acceptors (Lipinski definition) is 6. The van der Waals surface area contributed by atoms with Gasteiger partial charge in [-0.1, -0.05) is 78.0 Å². The van der Waals surface area contributed by atoms with Crippen LogP contribution in [0.15, 0.2) is 94.6 Å². The summed E-state index contributed by atoms with van der Waals surface area (Å²) in [6.45, 7) is 1.14. The minimum absolute atomic E-state index is 0.0703. The molecule has 5 aromatic rings. The van der Waals surface area contributed by atoms with Crippen molar-refractivity contribution in [2.45, 2.75) is 30.2 Å². The molecule has 1 aliphatic heterocycles. The van der Waals surface area contributed by atoms with Gasteiger partial charge in [0.25, 0.3) is 5.56 Å². The minimum Gasteiger partial charge on any atom is -0.308 e. The number of H-pyrrole nitrogens is 1. The van der Waals surface area contributed by atoms with E-state index in [1.807, 2.05) is 72.8 Å². The zero-order valence-electron chi connectivity index (χ0n) is 20.6. The first-order chi connectivity index (χ1) is 18.5. The van der Waals surface area contributed by atoms with E-state index in [1.165, 1.54) is 4.31 Å². The summed E-state index contributed by atoms with van der Waals surface area (Å²) >= 11 is 0. The number of hydrogen-bond donors (Lipinski definition) is 1. The fraction of sp³-hybridized carbons (Fsp3) is 0.214. The summed E-state index contributed by atoms with van der Waals surface area (Å²) in [6, 6.07) is 26.6. The Balaban J connectivity index is 1.18. The third-order valence-electron chi connectivity index (χ3n) is 7.01. The van der Waals surface area contributed by atoms with Crippen molar-refractivity contribution < 1.29 is 8.42 Å². The molecule has 1 saturated heterocycles. The number of aromatic amines is 1. The van der Waals surface area contributed by atoms with Gasteiger partial charge in [-0.25, -0.2) is 18.1 Å². The monoisotopic (exact) mass is 526 g/mol. The maximum absolute atomic E-state index is 13.3. The summed E-state index contributed by atoms with van der Waals surface area (Å²) in [5.41, 5.74) is 3.33. The molecule has 0 unspecified atom stereocenters. The lowest BCUT2D eigenvalue weighted by atomic mass is 9.97. The third kappa shape index (κ3) is 4.64. The standard InChI is InChI=1S/C28H26N6O3S/c35-28-25-27(34(32-31-25)19-20-7-3-1-4-8-20)29-26(30-28)23-15-17-33(18-16-23)38(36,37)24-13-11-22(12-14-24)21-9-5-2-6-10-21/h1-14,23H,15-19H2,(H,29,30,35). The van der Waals surface area contributed by atoms with Crippen molar-refractivity contribution in [2.24, 2.45) is 0 Å². The van der Waals surface area contributed by atoms with Crippen LogP contribution in [0.4, 0.5) is 0 Å². The predicted molar refractivity (Wildman–Crippen MR) is 144 cm³/mol. The van der Waals surface area contributed by atoms with E-state index >= 15 is 0 Å². The van der Waals surface area contributed by atoms with Crippen LogP contribution in [0.2, 0.25) is 0 Å². The van der Waals surface area contributed by atoms with E-state index in [1.54, 1.807) is 16.8 Å². The second kappa shape index (κ2) is 9.96. The lowest BCUT2D eigenvalue weighted by Gasteiger charge is -2.30. The Morgan fingerprint density at radius 2 is 1.47 bits per heavy atom. The van der Waals surface area contributed by atoms with Crippen LogP contribution in [-0.2, 0) is 16.6 Å². The molecule has 9 nitrogen and oxygen atoms in total. The van der Waals surface area contributed by atoms with Crippen LogP contribution in [0.25, 0.3) is 22.3 Å². The smallest absolute Gasteiger partial charge is 0.281 e. The van der Waals surface area contributed by atoms with E-state index in [0.29, 0.717) is 43.9 Å². The van der Waals surface area contributed by atoms with Crippen LogP contribution in [0.3, 0.4) is 0 Å². The second-order valence-corrected chi connectivity index (χ2v) is 11.4.